The van der Waals surface area contributed by atoms with Crippen LogP contribution in [0.3, 0.4) is 0 Å². The van der Waals surface area contributed by atoms with Gasteiger partial charge in [-0.1, -0.05) is 32.4 Å². The van der Waals surface area contributed by atoms with Gasteiger partial charge in [-0.15, -0.1) is 0 Å². The van der Waals surface area contributed by atoms with Gasteiger partial charge in [0, 0.05) is 13.1 Å². The molecule has 0 spiro atoms. The summed E-state index contributed by atoms with van der Waals surface area (Å²) >= 11 is 0. The third-order valence-corrected chi connectivity index (χ3v) is 5.62. The van der Waals surface area contributed by atoms with Gasteiger partial charge in [-0.25, -0.2) is 14.4 Å². The van der Waals surface area contributed by atoms with Crippen molar-refractivity contribution in [3.8, 4) is 0 Å². The van der Waals surface area contributed by atoms with Crippen LogP contribution in [0.2, 0.25) is 0 Å². The van der Waals surface area contributed by atoms with Gasteiger partial charge >= 0.3 is 0 Å². The van der Waals surface area contributed by atoms with Gasteiger partial charge in [0.1, 0.15) is 16.9 Å². The first-order valence-electron chi connectivity index (χ1n) is 11.5. The molecule has 174 valence electrons. The first-order chi connectivity index (χ1) is 15.9. The number of aryl methyl sites for hydroxylation is 5. The number of hydrogen-bond acceptors (Lipinski definition) is 4. The lowest BCUT2D eigenvalue weighted by Gasteiger charge is -2.10. The number of hydrogen-bond donors (Lipinski definition) is 0. The summed E-state index contributed by atoms with van der Waals surface area (Å²) in [6.07, 6.45) is 2.22. The summed E-state index contributed by atoms with van der Waals surface area (Å²) in [4.78, 5) is 32.7. The van der Waals surface area contributed by atoms with Crippen molar-refractivity contribution in [2.24, 2.45) is 0 Å². The molecule has 0 N–H and O–H groups in total. The fraction of sp³-hybridized carbons (Fsp3) is 0.385. The van der Waals surface area contributed by atoms with E-state index in [1.54, 1.807) is 16.7 Å². The van der Waals surface area contributed by atoms with E-state index >= 15 is 0 Å². The molecule has 0 aliphatic carbocycles. The second-order valence-corrected chi connectivity index (χ2v) is 7.92. The standard InChI is InChI=1S/C14H18N2O.C12H13FN2O/c1-4-6-12-14(17)16(5-2)13-9-10(3)7-8-11(13)15-12;1-3-9-12(16)15(4-2)10-7-5-6-8(13)11(10)14-9/h7-9H,4-6H2,1-3H3;5-7H,3-4H2,1-2H3. The lowest BCUT2D eigenvalue weighted by molar-refractivity contribution is 0.632. The van der Waals surface area contributed by atoms with Crippen LogP contribution in [0.1, 0.15) is 51.1 Å². The molecule has 7 heteroatoms. The number of nitrogens with zero attached hydrogens (tertiary/aromatic N) is 4. The Labute approximate surface area is 192 Å². The summed E-state index contributed by atoms with van der Waals surface area (Å²) in [7, 11) is 0. The van der Waals surface area contributed by atoms with E-state index in [1.807, 2.05) is 50.5 Å². The van der Waals surface area contributed by atoms with Gasteiger partial charge in [0.25, 0.3) is 11.1 Å². The van der Waals surface area contributed by atoms with E-state index in [0.717, 1.165) is 29.4 Å². The average molecular weight is 451 g/mol. The SMILES string of the molecule is CCCc1nc2ccc(C)cc2n(CC)c1=O.CCc1nc2c(F)cccc2n(CC)c1=O. The van der Waals surface area contributed by atoms with E-state index in [-0.39, 0.29) is 22.5 Å². The molecule has 0 unspecified atom stereocenters. The molecule has 0 bridgehead atoms. The lowest BCUT2D eigenvalue weighted by atomic mass is 10.2. The molecular weight excluding hydrogens is 419 g/mol. The lowest BCUT2D eigenvalue weighted by Crippen LogP contribution is -2.25. The monoisotopic (exact) mass is 450 g/mol. The minimum atomic E-state index is -0.380. The Morgan fingerprint density at radius 1 is 0.848 bits per heavy atom. The molecule has 0 aliphatic heterocycles. The van der Waals surface area contributed by atoms with Gasteiger partial charge in [0.05, 0.1) is 16.6 Å². The van der Waals surface area contributed by atoms with Crippen molar-refractivity contribution in [2.45, 2.75) is 67.0 Å². The van der Waals surface area contributed by atoms with Crippen molar-refractivity contribution >= 4 is 22.1 Å². The zero-order valence-electron chi connectivity index (χ0n) is 20.0. The molecule has 0 fully saturated rings. The normalized spacial score (nSPS) is 11.0. The maximum Gasteiger partial charge on any atom is 0.272 e. The summed E-state index contributed by atoms with van der Waals surface area (Å²) < 4.78 is 17.0. The van der Waals surface area contributed by atoms with Gasteiger partial charge in [-0.2, -0.15) is 0 Å². The van der Waals surface area contributed by atoms with Crippen LogP contribution >= 0.6 is 0 Å². The molecular formula is C26H31FN4O2. The van der Waals surface area contributed by atoms with Crippen LogP contribution in [-0.2, 0) is 25.9 Å². The van der Waals surface area contributed by atoms with Crippen molar-refractivity contribution in [3.63, 3.8) is 0 Å². The Hall–Kier alpha value is -3.35. The van der Waals surface area contributed by atoms with E-state index < -0.39 is 0 Å². The van der Waals surface area contributed by atoms with E-state index in [4.69, 9.17) is 0 Å². The quantitative estimate of drug-likeness (QED) is 0.438. The topological polar surface area (TPSA) is 69.8 Å². The van der Waals surface area contributed by atoms with Crippen LogP contribution in [0, 0.1) is 12.7 Å². The van der Waals surface area contributed by atoms with Crippen LogP contribution < -0.4 is 11.1 Å². The number of aromatic nitrogens is 4. The molecule has 4 aromatic rings. The number of para-hydroxylation sites is 1. The van der Waals surface area contributed by atoms with Gasteiger partial charge in [0.15, 0.2) is 5.82 Å². The summed E-state index contributed by atoms with van der Waals surface area (Å²) in [6.45, 7) is 11.0. The number of halogens is 1. The van der Waals surface area contributed by atoms with Gasteiger partial charge in [-0.05, 0) is 63.4 Å². The maximum atomic E-state index is 13.6. The molecule has 6 nitrogen and oxygen atoms in total. The molecule has 33 heavy (non-hydrogen) atoms. The third-order valence-electron chi connectivity index (χ3n) is 5.62. The largest absolute Gasteiger partial charge is 0.305 e. The van der Waals surface area contributed by atoms with Crippen molar-refractivity contribution in [1.82, 2.24) is 19.1 Å². The summed E-state index contributed by atoms with van der Waals surface area (Å²) in [6, 6.07) is 10.7. The first kappa shape index (κ1) is 24.3. The minimum absolute atomic E-state index is 0.0625. The highest BCUT2D eigenvalue weighted by atomic mass is 19.1. The van der Waals surface area contributed by atoms with E-state index in [0.29, 0.717) is 36.4 Å². The molecule has 2 aromatic carbocycles. The van der Waals surface area contributed by atoms with E-state index in [1.165, 1.54) is 6.07 Å². The van der Waals surface area contributed by atoms with Crippen LogP contribution in [0.25, 0.3) is 22.1 Å². The highest BCUT2D eigenvalue weighted by molar-refractivity contribution is 5.76. The minimum Gasteiger partial charge on any atom is -0.305 e. The number of benzene rings is 2. The van der Waals surface area contributed by atoms with Gasteiger partial charge in [-0.3, -0.25) is 9.59 Å². The van der Waals surface area contributed by atoms with E-state index in [2.05, 4.69) is 16.9 Å². The Morgan fingerprint density at radius 2 is 1.52 bits per heavy atom. The van der Waals surface area contributed by atoms with Crippen molar-refractivity contribution in [1.29, 1.82) is 0 Å². The molecule has 0 aliphatic rings. The number of rotatable bonds is 5. The Bertz CT molecular complexity index is 1410. The Balaban J connectivity index is 0.000000186. The second kappa shape index (κ2) is 10.5. The zero-order valence-corrected chi connectivity index (χ0v) is 20.0. The fourth-order valence-corrected chi connectivity index (χ4v) is 3.94. The predicted octanol–water partition coefficient (Wildman–Crippen LogP) is 4.80. The van der Waals surface area contributed by atoms with Gasteiger partial charge < -0.3 is 9.13 Å². The first-order valence-corrected chi connectivity index (χ1v) is 11.5. The molecule has 4 rings (SSSR count). The Kier molecular flexibility index (Phi) is 7.74. The van der Waals surface area contributed by atoms with Crippen LogP contribution in [0.15, 0.2) is 46.0 Å². The Morgan fingerprint density at radius 3 is 2.15 bits per heavy atom. The highest BCUT2D eigenvalue weighted by Gasteiger charge is 2.11. The molecule has 0 saturated carbocycles. The summed E-state index contributed by atoms with van der Waals surface area (Å²) in [5.41, 5.74) is 4.90. The molecule has 0 amide bonds. The third kappa shape index (κ3) is 4.87. The molecule has 0 saturated heterocycles. The van der Waals surface area contributed by atoms with E-state index in [9.17, 15) is 14.0 Å². The van der Waals surface area contributed by atoms with Crippen LogP contribution in [0.5, 0.6) is 0 Å². The van der Waals surface area contributed by atoms with Crippen LogP contribution in [-0.4, -0.2) is 19.1 Å². The smallest absolute Gasteiger partial charge is 0.272 e. The van der Waals surface area contributed by atoms with Gasteiger partial charge in [0.2, 0.25) is 0 Å². The summed E-state index contributed by atoms with van der Waals surface area (Å²) in [5.74, 6) is -0.380. The number of fused-ring (bicyclic) bond motifs is 2. The van der Waals surface area contributed by atoms with Crippen LogP contribution in [0.4, 0.5) is 4.39 Å². The van der Waals surface area contributed by atoms with Crippen molar-refractivity contribution in [2.75, 3.05) is 0 Å². The fourth-order valence-electron chi connectivity index (χ4n) is 3.94. The maximum absolute atomic E-state index is 13.6. The van der Waals surface area contributed by atoms with Crippen molar-refractivity contribution in [3.05, 3.63) is 79.9 Å². The van der Waals surface area contributed by atoms with Crippen molar-refractivity contribution < 1.29 is 4.39 Å². The molecule has 0 atom stereocenters. The molecule has 0 radical (unpaired) electrons. The molecule has 2 aromatic heterocycles. The summed E-state index contributed by atoms with van der Waals surface area (Å²) in [5, 5.41) is 0. The average Bonchev–Trinajstić information content (AvgIpc) is 2.80. The molecule has 2 heterocycles. The highest BCUT2D eigenvalue weighted by Crippen LogP contribution is 2.15. The predicted molar refractivity (Wildman–Crippen MR) is 131 cm³/mol. The zero-order chi connectivity index (χ0) is 24.1. The second-order valence-electron chi connectivity index (χ2n) is 7.92.